The van der Waals surface area contributed by atoms with Crippen molar-refractivity contribution in [3.8, 4) is 5.75 Å². The average Bonchev–Trinajstić information content (AvgIpc) is 3.24. The van der Waals surface area contributed by atoms with Gasteiger partial charge in [-0.2, -0.15) is 0 Å². The number of thiazole rings is 1. The standard InChI is InChI=1S/C23H20ClN3O4S2/c1-31-18-3-5-19(6-4-18)33(29,30)13-10-22(28)27(15-16-8-11-25-12-9-16)23-26-20-7-2-17(24)14-21(20)32-23/h2-9,11-12,14H,10,13,15H2,1H3. The van der Waals surface area contributed by atoms with Gasteiger partial charge in [-0.1, -0.05) is 22.9 Å². The van der Waals surface area contributed by atoms with E-state index in [9.17, 15) is 13.2 Å². The number of amides is 1. The fraction of sp³-hybridized carbons (Fsp3) is 0.174. The third-order valence-corrected chi connectivity index (χ3v) is 7.97. The number of benzene rings is 2. The Morgan fingerprint density at radius 2 is 1.82 bits per heavy atom. The number of pyridine rings is 1. The Labute approximate surface area is 200 Å². The van der Waals surface area contributed by atoms with E-state index in [-0.39, 0.29) is 29.5 Å². The molecule has 0 saturated heterocycles. The van der Waals surface area contributed by atoms with Crippen LogP contribution in [0.25, 0.3) is 10.2 Å². The molecule has 170 valence electrons. The van der Waals surface area contributed by atoms with Crippen LogP contribution in [0.3, 0.4) is 0 Å². The van der Waals surface area contributed by atoms with Crippen LogP contribution in [-0.4, -0.2) is 37.2 Å². The fourth-order valence-corrected chi connectivity index (χ4v) is 5.68. The topological polar surface area (TPSA) is 89.5 Å². The van der Waals surface area contributed by atoms with Crippen molar-refractivity contribution in [1.29, 1.82) is 0 Å². The number of aromatic nitrogens is 2. The van der Waals surface area contributed by atoms with Crippen molar-refractivity contribution >= 4 is 54.0 Å². The largest absolute Gasteiger partial charge is 0.497 e. The molecule has 0 saturated carbocycles. The predicted octanol–water partition coefficient (Wildman–Crippen LogP) is 4.75. The molecular formula is C23H20ClN3O4S2. The second-order valence-corrected chi connectivity index (χ2v) is 10.7. The van der Waals surface area contributed by atoms with Gasteiger partial charge in [-0.3, -0.25) is 14.7 Å². The Morgan fingerprint density at radius 3 is 2.52 bits per heavy atom. The van der Waals surface area contributed by atoms with Crippen molar-refractivity contribution in [1.82, 2.24) is 9.97 Å². The van der Waals surface area contributed by atoms with E-state index in [0.717, 1.165) is 15.8 Å². The molecule has 10 heteroatoms. The molecule has 0 N–H and O–H groups in total. The lowest BCUT2D eigenvalue weighted by Crippen LogP contribution is -2.31. The highest BCUT2D eigenvalue weighted by Crippen LogP contribution is 2.32. The Kier molecular flexibility index (Phi) is 6.92. The Bertz CT molecular complexity index is 1370. The van der Waals surface area contributed by atoms with Gasteiger partial charge in [0.1, 0.15) is 5.75 Å². The third kappa shape index (κ3) is 5.50. The number of hydrogen-bond acceptors (Lipinski definition) is 7. The van der Waals surface area contributed by atoms with E-state index in [0.29, 0.717) is 15.9 Å². The summed E-state index contributed by atoms with van der Waals surface area (Å²) in [6.45, 7) is 0.248. The zero-order valence-electron chi connectivity index (χ0n) is 17.6. The minimum atomic E-state index is -3.65. The van der Waals surface area contributed by atoms with E-state index in [1.165, 1.54) is 35.5 Å². The molecule has 33 heavy (non-hydrogen) atoms. The van der Waals surface area contributed by atoms with Gasteiger partial charge in [0.05, 0.1) is 34.5 Å². The van der Waals surface area contributed by atoms with Crippen LogP contribution in [0.2, 0.25) is 5.02 Å². The minimum Gasteiger partial charge on any atom is -0.497 e. The summed E-state index contributed by atoms with van der Waals surface area (Å²) < 4.78 is 31.5. The summed E-state index contributed by atoms with van der Waals surface area (Å²) in [7, 11) is -2.14. The van der Waals surface area contributed by atoms with Gasteiger partial charge >= 0.3 is 0 Å². The van der Waals surface area contributed by atoms with Crippen LogP contribution >= 0.6 is 22.9 Å². The SMILES string of the molecule is COc1ccc(S(=O)(=O)CCC(=O)N(Cc2ccncc2)c2nc3ccc(Cl)cc3s2)cc1. The molecule has 2 heterocycles. The molecule has 0 aliphatic heterocycles. The molecule has 0 fully saturated rings. The first-order chi connectivity index (χ1) is 15.9. The molecule has 0 unspecified atom stereocenters. The van der Waals surface area contributed by atoms with Gasteiger partial charge in [-0.15, -0.1) is 0 Å². The molecule has 0 spiro atoms. The molecule has 0 atom stereocenters. The number of sulfone groups is 1. The van der Waals surface area contributed by atoms with Crippen molar-refractivity contribution in [3.05, 3.63) is 77.6 Å². The van der Waals surface area contributed by atoms with Crippen LogP contribution in [0.4, 0.5) is 5.13 Å². The zero-order chi connectivity index (χ0) is 23.4. The maximum absolute atomic E-state index is 13.2. The normalized spacial score (nSPS) is 11.5. The van der Waals surface area contributed by atoms with Crippen LogP contribution < -0.4 is 9.64 Å². The van der Waals surface area contributed by atoms with Crippen molar-refractivity contribution in [2.75, 3.05) is 17.8 Å². The highest BCUT2D eigenvalue weighted by atomic mass is 35.5. The van der Waals surface area contributed by atoms with Crippen molar-refractivity contribution < 1.29 is 17.9 Å². The van der Waals surface area contributed by atoms with Gasteiger partial charge < -0.3 is 4.74 Å². The molecule has 1 amide bonds. The first kappa shape index (κ1) is 23.2. The lowest BCUT2D eigenvalue weighted by Gasteiger charge is -2.20. The molecule has 2 aromatic heterocycles. The van der Waals surface area contributed by atoms with Crippen molar-refractivity contribution in [3.63, 3.8) is 0 Å². The van der Waals surface area contributed by atoms with Crippen LogP contribution in [0.15, 0.2) is 71.9 Å². The fourth-order valence-electron chi connectivity index (χ4n) is 3.19. The first-order valence-corrected chi connectivity index (χ1v) is 12.8. The van der Waals surface area contributed by atoms with Gasteiger partial charge in [0.25, 0.3) is 0 Å². The summed E-state index contributed by atoms with van der Waals surface area (Å²) in [5.74, 6) is -0.0969. The number of halogens is 1. The summed E-state index contributed by atoms with van der Waals surface area (Å²) in [4.78, 5) is 23.5. The van der Waals surface area contributed by atoms with E-state index < -0.39 is 9.84 Å². The van der Waals surface area contributed by atoms with Crippen LogP contribution in [0.5, 0.6) is 5.75 Å². The van der Waals surface area contributed by atoms with Gasteiger partial charge in [-0.25, -0.2) is 13.4 Å². The quantitative estimate of drug-likeness (QED) is 0.346. The third-order valence-electron chi connectivity index (χ3n) is 4.96. The molecule has 0 aliphatic carbocycles. The lowest BCUT2D eigenvalue weighted by molar-refractivity contribution is -0.118. The predicted molar refractivity (Wildman–Crippen MR) is 130 cm³/mol. The maximum atomic E-state index is 13.2. The summed E-state index contributed by atoms with van der Waals surface area (Å²) in [6, 6.07) is 15.0. The molecule has 4 aromatic rings. The first-order valence-electron chi connectivity index (χ1n) is 9.98. The van der Waals surface area contributed by atoms with Gasteiger partial charge in [0.15, 0.2) is 15.0 Å². The summed E-state index contributed by atoms with van der Waals surface area (Å²) in [5.41, 5.74) is 1.58. The summed E-state index contributed by atoms with van der Waals surface area (Å²) in [5, 5.41) is 1.06. The van der Waals surface area contributed by atoms with Crippen LogP contribution in [-0.2, 0) is 21.2 Å². The molecule has 7 nitrogen and oxygen atoms in total. The van der Waals surface area contributed by atoms with E-state index in [1.54, 1.807) is 54.9 Å². The second-order valence-electron chi connectivity index (χ2n) is 7.19. The number of hydrogen-bond donors (Lipinski definition) is 0. The average molecular weight is 502 g/mol. The van der Waals surface area contributed by atoms with Gasteiger partial charge in [-0.05, 0) is 60.2 Å². The molecule has 2 aromatic carbocycles. The van der Waals surface area contributed by atoms with E-state index >= 15 is 0 Å². The molecule has 4 rings (SSSR count). The summed E-state index contributed by atoms with van der Waals surface area (Å²) >= 11 is 7.43. The van der Waals surface area contributed by atoms with E-state index in [2.05, 4.69) is 9.97 Å². The monoisotopic (exact) mass is 501 g/mol. The number of nitrogens with zero attached hydrogens (tertiary/aromatic N) is 3. The van der Waals surface area contributed by atoms with Crippen LogP contribution in [0.1, 0.15) is 12.0 Å². The lowest BCUT2D eigenvalue weighted by atomic mass is 10.2. The molecule has 0 aliphatic rings. The zero-order valence-corrected chi connectivity index (χ0v) is 20.0. The van der Waals surface area contributed by atoms with Gasteiger partial charge in [0.2, 0.25) is 5.91 Å². The smallest absolute Gasteiger partial charge is 0.230 e. The summed E-state index contributed by atoms with van der Waals surface area (Å²) in [6.07, 6.45) is 3.10. The number of fused-ring (bicyclic) bond motifs is 1. The van der Waals surface area contributed by atoms with Crippen molar-refractivity contribution in [2.45, 2.75) is 17.9 Å². The molecular weight excluding hydrogens is 482 g/mol. The number of methoxy groups -OCH3 is 1. The number of carbonyl (C=O) groups is 1. The minimum absolute atomic E-state index is 0.145. The van der Waals surface area contributed by atoms with E-state index in [4.69, 9.17) is 16.3 Å². The Morgan fingerprint density at radius 1 is 1.09 bits per heavy atom. The highest BCUT2D eigenvalue weighted by molar-refractivity contribution is 7.91. The van der Waals surface area contributed by atoms with Crippen molar-refractivity contribution in [2.24, 2.45) is 0 Å². The number of anilines is 1. The Balaban J connectivity index is 1.58. The Hall–Kier alpha value is -3.01. The maximum Gasteiger partial charge on any atom is 0.230 e. The number of rotatable bonds is 8. The molecule has 0 bridgehead atoms. The molecule has 0 radical (unpaired) electrons. The number of ether oxygens (including phenoxy) is 1. The van der Waals surface area contributed by atoms with Crippen LogP contribution in [0, 0.1) is 0 Å². The van der Waals surface area contributed by atoms with Gasteiger partial charge in [0, 0.05) is 23.8 Å². The highest BCUT2D eigenvalue weighted by Gasteiger charge is 2.23. The number of carbonyl (C=O) groups excluding carboxylic acids is 1. The van der Waals surface area contributed by atoms with E-state index in [1.807, 2.05) is 0 Å². The second kappa shape index (κ2) is 9.86.